The molecule has 0 unspecified atom stereocenters. The van der Waals surface area contributed by atoms with Crippen molar-refractivity contribution in [2.75, 3.05) is 13.1 Å². The van der Waals surface area contributed by atoms with E-state index < -0.39 is 0 Å². The number of hydrogen-bond acceptors (Lipinski definition) is 3. The molecule has 0 saturated carbocycles. The zero-order valence-corrected chi connectivity index (χ0v) is 8.94. The smallest absolute Gasteiger partial charge is 0.272 e. The second-order valence-electron chi connectivity index (χ2n) is 3.66. The molecule has 0 aliphatic carbocycles. The molecule has 1 aliphatic rings. The van der Waals surface area contributed by atoms with Crippen LogP contribution in [-0.2, 0) is 0 Å². The minimum absolute atomic E-state index is 0.0698. The SMILES string of the molecule is N[C@H]1CCN(C(=O)c2ccc(Cl)cn2)C1. The average molecular weight is 226 g/mol. The van der Waals surface area contributed by atoms with E-state index in [1.54, 1.807) is 17.0 Å². The van der Waals surface area contributed by atoms with Gasteiger partial charge >= 0.3 is 0 Å². The van der Waals surface area contributed by atoms with Gasteiger partial charge in [0, 0.05) is 25.3 Å². The fourth-order valence-corrected chi connectivity index (χ4v) is 1.75. The molecule has 2 N–H and O–H groups in total. The Morgan fingerprint density at radius 3 is 2.93 bits per heavy atom. The number of aromatic nitrogens is 1. The predicted molar refractivity (Wildman–Crippen MR) is 57.7 cm³/mol. The van der Waals surface area contributed by atoms with Crippen molar-refractivity contribution in [1.82, 2.24) is 9.88 Å². The summed E-state index contributed by atoms with van der Waals surface area (Å²) >= 11 is 5.69. The molecule has 2 heterocycles. The van der Waals surface area contributed by atoms with Crippen molar-refractivity contribution in [3.05, 3.63) is 29.0 Å². The number of halogens is 1. The average Bonchev–Trinajstić information content (AvgIpc) is 2.65. The summed E-state index contributed by atoms with van der Waals surface area (Å²) in [4.78, 5) is 17.6. The van der Waals surface area contributed by atoms with Gasteiger partial charge in [0.15, 0.2) is 0 Å². The molecule has 5 heteroatoms. The van der Waals surface area contributed by atoms with Crippen LogP contribution in [0.15, 0.2) is 18.3 Å². The van der Waals surface area contributed by atoms with Gasteiger partial charge in [-0.15, -0.1) is 0 Å². The molecule has 1 atom stereocenters. The van der Waals surface area contributed by atoms with Crippen LogP contribution in [0.5, 0.6) is 0 Å². The van der Waals surface area contributed by atoms with Gasteiger partial charge in [0.05, 0.1) is 5.02 Å². The van der Waals surface area contributed by atoms with Crippen molar-refractivity contribution in [3.8, 4) is 0 Å². The molecule has 0 radical (unpaired) electrons. The monoisotopic (exact) mass is 225 g/mol. The van der Waals surface area contributed by atoms with Crippen LogP contribution in [0.4, 0.5) is 0 Å². The molecule has 1 fully saturated rings. The zero-order valence-electron chi connectivity index (χ0n) is 8.19. The van der Waals surface area contributed by atoms with Crippen molar-refractivity contribution < 1.29 is 4.79 Å². The molecular weight excluding hydrogens is 214 g/mol. The fraction of sp³-hybridized carbons (Fsp3) is 0.400. The Bertz CT molecular complexity index is 365. The summed E-state index contributed by atoms with van der Waals surface area (Å²) in [6.45, 7) is 1.33. The summed E-state index contributed by atoms with van der Waals surface area (Å²) < 4.78 is 0. The number of pyridine rings is 1. The minimum atomic E-state index is -0.0698. The van der Waals surface area contributed by atoms with Gasteiger partial charge in [-0.25, -0.2) is 4.98 Å². The van der Waals surface area contributed by atoms with E-state index in [1.807, 2.05) is 0 Å². The van der Waals surface area contributed by atoms with E-state index >= 15 is 0 Å². The second-order valence-corrected chi connectivity index (χ2v) is 4.10. The maximum absolute atomic E-state index is 11.9. The van der Waals surface area contributed by atoms with Crippen LogP contribution < -0.4 is 5.73 Å². The fourth-order valence-electron chi connectivity index (χ4n) is 1.64. The summed E-state index contributed by atoms with van der Waals surface area (Å²) in [7, 11) is 0. The lowest BCUT2D eigenvalue weighted by Gasteiger charge is -2.14. The number of likely N-dealkylation sites (tertiary alicyclic amines) is 1. The van der Waals surface area contributed by atoms with Gasteiger partial charge in [-0.1, -0.05) is 11.6 Å². The number of carbonyl (C=O) groups is 1. The van der Waals surface area contributed by atoms with Crippen LogP contribution in [0.2, 0.25) is 5.02 Å². The Kier molecular flexibility index (Phi) is 2.88. The van der Waals surface area contributed by atoms with E-state index in [1.165, 1.54) is 6.20 Å². The number of nitrogens with two attached hydrogens (primary N) is 1. The maximum Gasteiger partial charge on any atom is 0.272 e. The van der Waals surface area contributed by atoms with Crippen LogP contribution in [0, 0.1) is 0 Å². The lowest BCUT2D eigenvalue weighted by atomic mass is 10.3. The molecular formula is C10H12ClN3O. The van der Waals surface area contributed by atoms with E-state index in [-0.39, 0.29) is 11.9 Å². The number of carbonyl (C=O) groups excluding carboxylic acids is 1. The summed E-state index contributed by atoms with van der Waals surface area (Å²) in [5, 5.41) is 0.532. The summed E-state index contributed by atoms with van der Waals surface area (Å²) in [6, 6.07) is 3.40. The molecule has 0 aromatic carbocycles. The maximum atomic E-state index is 11.9. The minimum Gasteiger partial charge on any atom is -0.336 e. The molecule has 1 amide bonds. The Morgan fingerprint density at radius 1 is 1.60 bits per heavy atom. The highest BCUT2D eigenvalue weighted by molar-refractivity contribution is 6.30. The van der Waals surface area contributed by atoms with Crippen LogP contribution in [0.1, 0.15) is 16.9 Å². The largest absolute Gasteiger partial charge is 0.336 e. The van der Waals surface area contributed by atoms with Gasteiger partial charge in [0.1, 0.15) is 5.69 Å². The standard InChI is InChI=1S/C10H12ClN3O/c11-7-1-2-9(13-5-7)10(15)14-4-3-8(12)6-14/h1-2,5,8H,3-4,6,12H2/t8-/m0/s1. The van der Waals surface area contributed by atoms with Crippen LogP contribution in [0.3, 0.4) is 0 Å². The first-order chi connectivity index (χ1) is 7.16. The van der Waals surface area contributed by atoms with E-state index in [2.05, 4.69) is 4.98 Å². The van der Waals surface area contributed by atoms with Crippen molar-refractivity contribution in [2.45, 2.75) is 12.5 Å². The second kappa shape index (κ2) is 4.16. The van der Waals surface area contributed by atoms with Crippen LogP contribution >= 0.6 is 11.6 Å². The molecule has 1 aliphatic heterocycles. The lowest BCUT2D eigenvalue weighted by Crippen LogP contribution is -2.32. The molecule has 15 heavy (non-hydrogen) atoms. The molecule has 2 rings (SSSR count). The van der Waals surface area contributed by atoms with Crippen molar-refractivity contribution >= 4 is 17.5 Å². The Hall–Kier alpha value is -1.13. The predicted octanol–water partition coefficient (Wildman–Crippen LogP) is 0.908. The van der Waals surface area contributed by atoms with Gasteiger partial charge in [-0.3, -0.25) is 4.79 Å². The Morgan fingerprint density at radius 2 is 2.40 bits per heavy atom. The molecule has 1 saturated heterocycles. The van der Waals surface area contributed by atoms with E-state index in [0.717, 1.165) is 6.42 Å². The van der Waals surface area contributed by atoms with Crippen LogP contribution in [0.25, 0.3) is 0 Å². The number of amides is 1. The third kappa shape index (κ3) is 2.27. The van der Waals surface area contributed by atoms with Gasteiger partial charge in [-0.2, -0.15) is 0 Å². The molecule has 4 nitrogen and oxygen atoms in total. The van der Waals surface area contributed by atoms with Gasteiger partial charge in [0.2, 0.25) is 0 Å². The van der Waals surface area contributed by atoms with Gasteiger partial charge in [-0.05, 0) is 18.6 Å². The number of hydrogen-bond donors (Lipinski definition) is 1. The molecule has 80 valence electrons. The Labute approximate surface area is 93.0 Å². The molecule has 0 spiro atoms. The quantitative estimate of drug-likeness (QED) is 0.773. The summed E-state index contributed by atoms with van der Waals surface area (Å²) in [6.07, 6.45) is 2.34. The lowest BCUT2D eigenvalue weighted by molar-refractivity contribution is 0.0785. The molecule has 1 aromatic heterocycles. The Balaban J connectivity index is 2.11. The van der Waals surface area contributed by atoms with Crippen molar-refractivity contribution in [3.63, 3.8) is 0 Å². The van der Waals surface area contributed by atoms with E-state index in [9.17, 15) is 4.79 Å². The topological polar surface area (TPSA) is 59.2 Å². The summed E-state index contributed by atoms with van der Waals surface area (Å²) in [5.41, 5.74) is 6.15. The number of nitrogens with zero attached hydrogens (tertiary/aromatic N) is 2. The van der Waals surface area contributed by atoms with E-state index in [4.69, 9.17) is 17.3 Å². The highest BCUT2D eigenvalue weighted by Crippen LogP contribution is 2.12. The molecule has 1 aromatic rings. The first kappa shape index (κ1) is 10.4. The molecule has 0 bridgehead atoms. The van der Waals surface area contributed by atoms with E-state index in [0.29, 0.717) is 23.8 Å². The normalized spacial score (nSPS) is 20.7. The third-order valence-corrected chi connectivity index (χ3v) is 2.68. The highest BCUT2D eigenvalue weighted by Gasteiger charge is 2.24. The highest BCUT2D eigenvalue weighted by atomic mass is 35.5. The first-order valence-electron chi connectivity index (χ1n) is 4.83. The van der Waals surface area contributed by atoms with Crippen molar-refractivity contribution in [2.24, 2.45) is 5.73 Å². The third-order valence-electron chi connectivity index (χ3n) is 2.46. The summed E-state index contributed by atoms with van der Waals surface area (Å²) in [5.74, 6) is -0.0698. The van der Waals surface area contributed by atoms with Crippen LogP contribution in [-0.4, -0.2) is 34.9 Å². The number of rotatable bonds is 1. The van der Waals surface area contributed by atoms with Crippen molar-refractivity contribution in [1.29, 1.82) is 0 Å². The van der Waals surface area contributed by atoms with Gasteiger partial charge in [0.25, 0.3) is 5.91 Å². The first-order valence-corrected chi connectivity index (χ1v) is 5.21. The zero-order chi connectivity index (χ0) is 10.8. The van der Waals surface area contributed by atoms with Gasteiger partial charge < -0.3 is 10.6 Å².